The van der Waals surface area contributed by atoms with E-state index in [0.717, 1.165) is 46.7 Å². The number of carboxylic acids is 1. The molecule has 0 aliphatic heterocycles. The summed E-state index contributed by atoms with van der Waals surface area (Å²) in [6.07, 6.45) is 2.97. The molecule has 10 nitrogen and oxygen atoms in total. The molecule has 41 heavy (non-hydrogen) atoms. The molecule has 5 rings (SSSR count). The summed E-state index contributed by atoms with van der Waals surface area (Å²) >= 11 is 0. The quantitative estimate of drug-likeness (QED) is 0.194. The molecule has 2 aromatic carbocycles. The van der Waals surface area contributed by atoms with Crippen molar-refractivity contribution in [2.45, 2.75) is 64.5 Å². The van der Waals surface area contributed by atoms with E-state index >= 15 is 4.39 Å². The van der Waals surface area contributed by atoms with Crippen LogP contribution in [0.15, 0.2) is 50.8 Å². The van der Waals surface area contributed by atoms with Crippen LogP contribution in [-0.2, 0) is 13.0 Å². The number of aromatic carboxylic acids is 1. The van der Waals surface area contributed by atoms with Crippen molar-refractivity contribution < 1.29 is 14.3 Å². The summed E-state index contributed by atoms with van der Waals surface area (Å²) in [5, 5.41) is 12.6. The summed E-state index contributed by atoms with van der Waals surface area (Å²) in [6, 6.07) is 8.82. The Morgan fingerprint density at radius 2 is 1.93 bits per heavy atom. The SMILES string of the molecule is CCc1cc(Nc2cc(=O)n(CCCC(N)c3cc4[nH]c(C5CC5)c(C(=O)O)c(=O)c4cc3F)c(=O)[nH]2)ccc1C. The maximum absolute atomic E-state index is 15.0. The Labute approximate surface area is 234 Å². The number of carbonyl (C=O) groups is 1. The molecule has 1 fully saturated rings. The fourth-order valence-electron chi connectivity index (χ4n) is 5.23. The smallest absolute Gasteiger partial charge is 0.341 e. The van der Waals surface area contributed by atoms with Crippen LogP contribution in [0.2, 0.25) is 0 Å². The second kappa shape index (κ2) is 11.2. The third-order valence-corrected chi connectivity index (χ3v) is 7.67. The van der Waals surface area contributed by atoms with Crippen molar-refractivity contribution in [2.75, 3.05) is 5.32 Å². The van der Waals surface area contributed by atoms with Crippen LogP contribution in [0.25, 0.3) is 10.9 Å². The minimum absolute atomic E-state index is 0.0379. The first-order chi connectivity index (χ1) is 19.6. The van der Waals surface area contributed by atoms with E-state index in [-0.39, 0.29) is 41.2 Å². The van der Waals surface area contributed by atoms with E-state index in [0.29, 0.717) is 17.6 Å². The van der Waals surface area contributed by atoms with Gasteiger partial charge < -0.3 is 21.1 Å². The summed E-state index contributed by atoms with van der Waals surface area (Å²) < 4.78 is 16.1. The number of nitrogens with two attached hydrogens (primary N) is 1. The molecule has 1 aliphatic rings. The Kier molecular flexibility index (Phi) is 7.63. The zero-order chi connectivity index (χ0) is 29.4. The minimum atomic E-state index is -1.34. The van der Waals surface area contributed by atoms with Crippen molar-refractivity contribution in [2.24, 2.45) is 5.73 Å². The summed E-state index contributed by atoms with van der Waals surface area (Å²) in [5.41, 5.74) is 8.06. The van der Waals surface area contributed by atoms with Gasteiger partial charge in [0.25, 0.3) is 5.56 Å². The van der Waals surface area contributed by atoms with E-state index in [1.807, 2.05) is 25.1 Å². The van der Waals surface area contributed by atoms with Crippen LogP contribution < -0.4 is 27.7 Å². The third kappa shape index (κ3) is 5.71. The monoisotopic (exact) mass is 561 g/mol. The second-order valence-electron chi connectivity index (χ2n) is 10.6. The number of nitrogens with zero attached hydrogens (tertiary/aromatic N) is 1. The molecule has 2 aromatic heterocycles. The summed E-state index contributed by atoms with van der Waals surface area (Å²) in [7, 11) is 0. The molecule has 0 amide bonds. The molecule has 1 unspecified atom stereocenters. The standard InChI is InChI=1S/C30H32FN5O5/c1-3-16-11-18(9-6-15(16)2)33-24-14-25(37)36(30(41)35-24)10-4-5-22(32)19-13-23-20(12-21(19)31)28(38)26(29(39)40)27(34-23)17-7-8-17/h6,9,11-14,17,22,33H,3-5,7-8,10,32H2,1-2H3,(H,34,38)(H,35,41)(H,39,40). The number of anilines is 2. The van der Waals surface area contributed by atoms with Gasteiger partial charge in [-0.15, -0.1) is 0 Å². The molecule has 2 heterocycles. The van der Waals surface area contributed by atoms with Crippen LogP contribution in [-0.4, -0.2) is 25.6 Å². The van der Waals surface area contributed by atoms with Gasteiger partial charge in [-0.25, -0.2) is 14.0 Å². The maximum atomic E-state index is 15.0. The van der Waals surface area contributed by atoms with E-state index in [1.54, 1.807) is 0 Å². The Balaban J connectivity index is 1.31. The number of pyridine rings is 1. The minimum Gasteiger partial charge on any atom is -0.477 e. The number of H-pyrrole nitrogens is 2. The van der Waals surface area contributed by atoms with Gasteiger partial charge in [-0.3, -0.25) is 19.1 Å². The number of halogens is 1. The molecule has 11 heteroatoms. The highest BCUT2D eigenvalue weighted by Crippen LogP contribution is 2.40. The highest BCUT2D eigenvalue weighted by Gasteiger charge is 2.31. The molecule has 214 valence electrons. The van der Waals surface area contributed by atoms with Crippen molar-refractivity contribution in [1.82, 2.24) is 14.5 Å². The first-order valence-electron chi connectivity index (χ1n) is 13.7. The van der Waals surface area contributed by atoms with Gasteiger partial charge in [-0.2, -0.15) is 0 Å². The molecule has 0 bridgehead atoms. The number of nitrogens with one attached hydrogen (secondary N) is 3. The first-order valence-corrected chi connectivity index (χ1v) is 13.7. The van der Waals surface area contributed by atoms with Crippen molar-refractivity contribution in [1.29, 1.82) is 0 Å². The van der Waals surface area contributed by atoms with Crippen LogP contribution >= 0.6 is 0 Å². The number of aromatic amines is 2. The highest BCUT2D eigenvalue weighted by atomic mass is 19.1. The van der Waals surface area contributed by atoms with Gasteiger partial charge in [-0.05, 0) is 74.4 Å². The lowest BCUT2D eigenvalue weighted by Gasteiger charge is -2.16. The van der Waals surface area contributed by atoms with Gasteiger partial charge in [0.05, 0.1) is 5.52 Å². The van der Waals surface area contributed by atoms with Crippen LogP contribution in [0.5, 0.6) is 0 Å². The van der Waals surface area contributed by atoms with Gasteiger partial charge in [0, 0.05) is 46.9 Å². The number of rotatable bonds is 10. The number of hydrogen-bond donors (Lipinski definition) is 5. The lowest BCUT2D eigenvalue weighted by atomic mass is 9.98. The molecule has 0 radical (unpaired) electrons. The number of carboxylic acid groups (broad SMARTS) is 1. The summed E-state index contributed by atoms with van der Waals surface area (Å²) in [5.74, 6) is -1.82. The molecule has 0 saturated heterocycles. The number of aromatic nitrogens is 3. The highest BCUT2D eigenvalue weighted by molar-refractivity contribution is 5.94. The first kappa shape index (κ1) is 28.0. The van der Waals surface area contributed by atoms with Gasteiger partial charge >= 0.3 is 11.7 Å². The molecule has 1 aliphatic carbocycles. The Hall–Kier alpha value is -4.51. The number of hydrogen-bond acceptors (Lipinski definition) is 6. The van der Waals surface area contributed by atoms with E-state index in [9.17, 15) is 24.3 Å². The van der Waals surface area contributed by atoms with Crippen LogP contribution in [0.1, 0.15) is 77.3 Å². The number of benzene rings is 2. The second-order valence-corrected chi connectivity index (χ2v) is 10.6. The largest absolute Gasteiger partial charge is 0.477 e. The van der Waals surface area contributed by atoms with Crippen molar-refractivity contribution in [3.8, 4) is 0 Å². The van der Waals surface area contributed by atoms with E-state index < -0.39 is 34.5 Å². The van der Waals surface area contributed by atoms with E-state index in [4.69, 9.17) is 5.73 Å². The van der Waals surface area contributed by atoms with E-state index in [2.05, 4.69) is 22.2 Å². The van der Waals surface area contributed by atoms with E-state index in [1.165, 1.54) is 12.1 Å². The number of fused-ring (bicyclic) bond motifs is 1. The Bertz CT molecular complexity index is 1810. The van der Waals surface area contributed by atoms with Crippen LogP contribution in [0.4, 0.5) is 15.9 Å². The molecular formula is C30H32FN5O5. The average molecular weight is 562 g/mol. The molecule has 0 spiro atoms. The lowest BCUT2D eigenvalue weighted by Crippen LogP contribution is -2.35. The maximum Gasteiger partial charge on any atom is 0.341 e. The summed E-state index contributed by atoms with van der Waals surface area (Å²) in [4.78, 5) is 55.7. The predicted octanol–water partition coefficient (Wildman–Crippen LogP) is 4.19. The zero-order valence-corrected chi connectivity index (χ0v) is 22.8. The van der Waals surface area contributed by atoms with Crippen LogP contribution in [0, 0.1) is 12.7 Å². The third-order valence-electron chi connectivity index (χ3n) is 7.67. The normalized spacial score (nSPS) is 13.9. The molecular weight excluding hydrogens is 529 g/mol. The van der Waals surface area contributed by atoms with Crippen molar-refractivity contribution in [3.05, 3.63) is 101 Å². The van der Waals surface area contributed by atoms with Crippen LogP contribution in [0.3, 0.4) is 0 Å². The summed E-state index contributed by atoms with van der Waals surface area (Å²) in [6.45, 7) is 4.15. The van der Waals surface area contributed by atoms with Crippen molar-refractivity contribution >= 4 is 28.4 Å². The molecule has 4 aromatic rings. The topological polar surface area (TPSA) is 163 Å². The fourth-order valence-corrected chi connectivity index (χ4v) is 5.23. The zero-order valence-electron chi connectivity index (χ0n) is 22.8. The lowest BCUT2D eigenvalue weighted by molar-refractivity contribution is 0.0694. The Morgan fingerprint density at radius 3 is 2.59 bits per heavy atom. The molecule has 1 saturated carbocycles. The molecule has 1 atom stereocenters. The van der Waals surface area contributed by atoms with Gasteiger partial charge in [0.2, 0.25) is 5.43 Å². The van der Waals surface area contributed by atoms with Gasteiger partial charge in [0.1, 0.15) is 17.2 Å². The Morgan fingerprint density at radius 1 is 1.17 bits per heavy atom. The molecule has 6 N–H and O–H groups in total. The van der Waals surface area contributed by atoms with Gasteiger partial charge in [0.15, 0.2) is 0 Å². The van der Waals surface area contributed by atoms with Gasteiger partial charge in [-0.1, -0.05) is 13.0 Å². The fraction of sp³-hybridized carbons (Fsp3) is 0.333. The average Bonchev–Trinajstić information content (AvgIpc) is 3.76. The number of aryl methyl sites for hydroxylation is 2. The predicted molar refractivity (Wildman–Crippen MR) is 155 cm³/mol. The van der Waals surface area contributed by atoms with Crippen molar-refractivity contribution in [3.63, 3.8) is 0 Å².